The van der Waals surface area contributed by atoms with Crippen molar-refractivity contribution in [3.63, 3.8) is 0 Å². The van der Waals surface area contributed by atoms with Crippen LogP contribution in [0.25, 0.3) is 0 Å². The summed E-state index contributed by atoms with van der Waals surface area (Å²) in [6, 6.07) is 5.84. The van der Waals surface area contributed by atoms with Crippen molar-refractivity contribution in [3.05, 3.63) is 50.5 Å². The molecule has 2 aliphatic rings. The van der Waals surface area contributed by atoms with Crippen LogP contribution in [0.4, 0.5) is 5.69 Å². The number of fused-ring (bicyclic) bond motifs is 1. The standard InChI is InChI=1S/C17H18N2O5S/c1-3-4-13-14(18-15(20)10(2)16(18)25-13)17(21)24-9-11-5-7-12(8-6-11)19(22)23/h5-8,10,16H,3-4,9H2,1-2H3/t10-,16+/m0/s1. The van der Waals surface area contributed by atoms with Crippen LogP contribution in [-0.2, 0) is 20.9 Å². The number of hydrogen-bond acceptors (Lipinski definition) is 6. The Morgan fingerprint density at radius 1 is 1.36 bits per heavy atom. The molecule has 1 aromatic carbocycles. The van der Waals surface area contributed by atoms with E-state index in [-0.39, 0.29) is 29.5 Å². The Kier molecular flexibility index (Phi) is 4.80. The van der Waals surface area contributed by atoms with Crippen LogP contribution in [0.5, 0.6) is 0 Å². The van der Waals surface area contributed by atoms with Crippen molar-refractivity contribution in [2.45, 2.75) is 38.7 Å². The number of nitro benzene ring substituents is 1. The Morgan fingerprint density at radius 3 is 2.64 bits per heavy atom. The number of non-ortho nitro benzene ring substituents is 1. The Hall–Kier alpha value is -2.35. The summed E-state index contributed by atoms with van der Waals surface area (Å²) in [5, 5.41) is 10.7. The lowest BCUT2D eigenvalue weighted by Gasteiger charge is -2.40. The minimum absolute atomic E-state index is 0.00373. The van der Waals surface area contributed by atoms with E-state index in [0.29, 0.717) is 11.3 Å². The zero-order valence-electron chi connectivity index (χ0n) is 13.9. The van der Waals surface area contributed by atoms with Gasteiger partial charge >= 0.3 is 5.97 Å². The molecule has 0 bridgehead atoms. The first-order valence-corrected chi connectivity index (χ1v) is 8.95. The van der Waals surface area contributed by atoms with E-state index in [1.807, 2.05) is 13.8 Å². The van der Waals surface area contributed by atoms with E-state index < -0.39 is 10.9 Å². The molecule has 7 nitrogen and oxygen atoms in total. The number of amides is 1. The van der Waals surface area contributed by atoms with Crippen LogP contribution >= 0.6 is 11.8 Å². The number of nitrogens with zero attached hydrogens (tertiary/aromatic N) is 2. The van der Waals surface area contributed by atoms with Crippen LogP contribution in [0, 0.1) is 16.0 Å². The van der Waals surface area contributed by atoms with Gasteiger partial charge < -0.3 is 4.74 Å². The van der Waals surface area contributed by atoms with Gasteiger partial charge in [-0.25, -0.2) is 4.79 Å². The maximum Gasteiger partial charge on any atom is 0.356 e. The number of carbonyl (C=O) groups is 2. The van der Waals surface area contributed by atoms with Crippen LogP contribution in [0.2, 0.25) is 0 Å². The number of thioether (sulfide) groups is 1. The average molecular weight is 362 g/mol. The zero-order valence-corrected chi connectivity index (χ0v) is 14.7. The molecular formula is C17H18N2O5S. The molecule has 3 rings (SSSR count). The second-order valence-electron chi connectivity index (χ2n) is 6.03. The van der Waals surface area contributed by atoms with Crippen LogP contribution in [0.3, 0.4) is 0 Å². The van der Waals surface area contributed by atoms with Crippen LogP contribution < -0.4 is 0 Å². The number of nitro groups is 1. The fraction of sp³-hybridized carbons (Fsp3) is 0.412. The highest BCUT2D eigenvalue weighted by Crippen LogP contribution is 2.50. The average Bonchev–Trinajstić information content (AvgIpc) is 2.95. The highest BCUT2D eigenvalue weighted by atomic mass is 32.2. The largest absolute Gasteiger partial charge is 0.456 e. The van der Waals surface area contributed by atoms with Gasteiger partial charge in [-0.2, -0.15) is 0 Å². The van der Waals surface area contributed by atoms with Crippen LogP contribution in [0.1, 0.15) is 32.3 Å². The Morgan fingerprint density at radius 2 is 2.04 bits per heavy atom. The second-order valence-corrected chi connectivity index (χ2v) is 7.24. The van der Waals surface area contributed by atoms with Crippen molar-refractivity contribution in [2.75, 3.05) is 0 Å². The molecule has 2 atom stereocenters. The molecule has 0 spiro atoms. The van der Waals surface area contributed by atoms with Crippen LogP contribution in [0.15, 0.2) is 34.9 Å². The molecule has 2 aliphatic heterocycles. The molecular weight excluding hydrogens is 344 g/mol. The van der Waals surface area contributed by atoms with Gasteiger partial charge in [0.25, 0.3) is 5.69 Å². The zero-order chi connectivity index (χ0) is 18.1. The number of allylic oxidation sites excluding steroid dienone is 1. The molecule has 0 unspecified atom stereocenters. The van der Waals surface area contributed by atoms with Gasteiger partial charge in [-0.3, -0.25) is 19.8 Å². The fourth-order valence-corrected chi connectivity index (χ4v) is 4.43. The molecule has 1 aromatic rings. The summed E-state index contributed by atoms with van der Waals surface area (Å²) in [6.45, 7) is 3.89. The van der Waals surface area contributed by atoms with E-state index in [0.717, 1.165) is 17.7 Å². The Labute approximate surface area is 149 Å². The van der Waals surface area contributed by atoms with Crippen molar-refractivity contribution < 1.29 is 19.2 Å². The van der Waals surface area contributed by atoms with E-state index in [1.165, 1.54) is 12.1 Å². The van der Waals surface area contributed by atoms with Gasteiger partial charge in [0.15, 0.2) is 0 Å². The van der Waals surface area contributed by atoms with E-state index in [4.69, 9.17) is 4.74 Å². The predicted octanol–water partition coefficient (Wildman–Crippen LogP) is 3.20. The molecule has 0 aromatic heterocycles. The maximum absolute atomic E-state index is 12.5. The Balaban J connectivity index is 1.70. The first-order valence-electron chi connectivity index (χ1n) is 8.07. The molecule has 0 N–H and O–H groups in total. The van der Waals surface area contributed by atoms with Crippen molar-refractivity contribution in [1.82, 2.24) is 4.90 Å². The van der Waals surface area contributed by atoms with Crippen LogP contribution in [-0.4, -0.2) is 27.1 Å². The fourth-order valence-electron chi connectivity index (χ4n) is 2.88. The van der Waals surface area contributed by atoms with Gasteiger partial charge in [0.05, 0.1) is 16.2 Å². The lowest BCUT2D eigenvalue weighted by Crippen LogP contribution is -2.56. The van der Waals surface area contributed by atoms with Gasteiger partial charge in [0, 0.05) is 17.0 Å². The summed E-state index contributed by atoms with van der Waals surface area (Å²) < 4.78 is 5.35. The summed E-state index contributed by atoms with van der Waals surface area (Å²) in [5.41, 5.74) is 1.00. The summed E-state index contributed by atoms with van der Waals surface area (Å²) in [6.07, 6.45) is 1.62. The number of ether oxygens (including phenoxy) is 1. The second kappa shape index (κ2) is 6.87. The maximum atomic E-state index is 12.5. The topological polar surface area (TPSA) is 89.8 Å². The number of β-lactam (4-membered cyclic amide) rings is 1. The summed E-state index contributed by atoms with van der Waals surface area (Å²) in [7, 11) is 0. The molecule has 1 amide bonds. The minimum atomic E-state index is -0.517. The summed E-state index contributed by atoms with van der Waals surface area (Å²) in [4.78, 5) is 37.2. The molecule has 0 saturated carbocycles. The number of rotatable bonds is 6. The van der Waals surface area contributed by atoms with E-state index >= 15 is 0 Å². The minimum Gasteiger partial charge on any atom is -0.456 e. The molecule has 8 heteroatoms. The number of hydrogen-bond donors (Lipinski definition) is 0. The van der Waals surface area contributed by atoms with Gasteiger partial charge in [0.2, 0.25) is 5.91 Å². The smallest absolute Gasteiger partial charge is 0.356 e. The third kappa shape index (κ3) is 3.13. The van der Waals surface area contributed by atoms with Gasteiger partial charge in [0.1, 0.15) is 12.3 Å². The van der Waals surface area contributed by atoms with E-state index in [9.17, 15) is 19.7 Å². The molecule has 132 valence electrons. The van der Waals surface area contributed by atoms with Gasteiger partial charge in [-0.1, -0.05) is 20.3 Å². The molecule has 1 fully saturated rings. The molecule has 0 radical (unpaired) electrons. The normalized spacial score (nSPS) is 21.8. The third-order valence-corrected chi connectivity index (χ3v) is 5.81. The first-order chi connectivity index (χ1) is 11.9. The summed E-state index contributed by atoms with van der Waals surface area (Å²) in [5.74, 6) is -0.653. The van der Waals surface area contributed by atoms with Crippen molar-refractivity contribution in [1.29, 1.82) is 0 Å². The predicted molar refractivity (Wildman–Crippen MR) is 92.2 cm³/mol. The SMILES string of the molecule is CCCC1=C(C(=O)OCc2ccc([N+](=O)[O-])cc2)N2C(=O)[C@H](C)[C@H]2S1. The molecule has 0 aliphatic carbocycles. The Bertz CT molecular complexity index is 759. The first kappa shape index (κ1) is 17.5. The molecule has 25 heavy (non-hydrogen) atoms. The van der Waals surface area contributed by atoms with Gasteiger partial charge in [-0.05, 0) is 24.1 Å². The summed E-state index contributed by atoms with van der Waals surface area (Å²) >= 11 is 1.57. The highest BCUT2D eigenvalue weighted by Gasteiger charge is 2.53. The van der Waals surface area contributed by atoms with E-state index in [2.05, 4.69) is 0 Å². The number of benzene rings is 1. The number of esters is 1. The highest BCUT2D eigenvalue weighted by molar-refractivity contribution is 8.04. The van der Waals surface area contributed by atoms with E-state index in [1.54, 1.807) is 28.8 Å². The molecule has 1 saturated heterocycles. The van der Waals surface area contributed by atoms with Gasteiger partial charge in [-0.15, -0.1) is 11.8 Å². The van der Waals surface area contributed by atoms with Crippen molar-refractivity contribution >= 4 is 29.3 Å². The van der Waals surface area contributed by atoms with Crippen molar-refractivity contribution in [2.24, 2.45) is 5.92 Å². The quantitative estimate of drug-likeness (QED) is 0.334. The van der Waals surface area contributed by atoms with Crippen molar-refractivity contribution in [3.8, 4) is 0 Å². The number of carbonyl (C=O) groups excluding carboxylic acids is 2. The lowest BCUT2D eigenvalue weighted by molar-refractivity contribution is -0.384. The monoisotopic (exact) mass is 362 g/mol. The third-order valence-electron chi connectivity index (χ3n) is 4.26. The molecule has 2 heterocycles. The lowest BCUT2D eigenvalue weighted by atomic mass is 9.99.